The SMILES string of the molecule is CC(=O)N1CCc2cc(NC(=O)C3(C)CCCCN3)ccc21.Cl. The van der Waals surface area contributed by atoms with Crippen molar-refractivity contribution in [2.45, 2.75) is 45.1 Å². The van der Waals surface area contributed by atoms with Gasteiger partial charge in [-0.3, -0.25) is 9.59 Å². The van der Waals surface area contributed by atoms with Crippen LogP contribution in [0.2, 0.25) is 0 Å². The zero-order chi connectivity index (χ0) is 15.7. The molecule has 0 radical (unpaired) electrons. The van der Waals surface area contributed by atoms with Crippen molar-refractivity contribution in [3.8, 4) is 0 Å². The van der Waals surface area contributed by atoms with E-state index in [9.17, 15) is 9.59 Å². The van der Waals surface area contributed by atoms with Gasteiger partial charge in [-0.2, -0.15) is 0 Å². The van der Waals surface area contributed by atoms with E-state index in [1.807, 2.05) is 25.1 Å². The molecule has 0 aromatic heterocycles. The van der Waals surface area contributed by atoms with E-state index < -0.39 is 5.54 Å². The van der Waals surface area contributed by atoms with Crippen molar-refractivity contribution in [2.75, 3.05) is 23.3 Å². The maximum Gasteiger partial charge on any atom is 0.244 e. The van der Waals surface area contributed by atoms with Crippen LogP contribution in [0.3, 0.4) is 0 Å². The van der Waals surface area contributed by atoms with E-state index in [2.05, 4.69) is 10.6 Å². The normalized spacial score (nSPS) is 23.0. The van der Waals surface area contributed by atoms with Gasteiger partial charge in [0.1, 0.15) is 0 Å². The van der Waals surface area contributed by atoms with E-state index >= 15 is 0 Å². The van der Waals surface area contributed by atoms with E-state index in [1.165, 1.54) is 0 Å². The molecule has 1 atom stereocenters. The molecule has 3 rings (SSSR count). The Morgan fingerprint density at radius 2 is 2.09 bits per heavy atom. The smallest absolute Gasteiger partial charge is 0.244 e. The summed E-state index contributed by atoms with van der Waals surface area (Å²) in [7, 11) is 0. The molecular weight excluding hydrogens is 314 g/mol. The van der Waals surface area contributed by atoms with Gasteiger partial charge in [0.15, 0.2) is 0 Å². The first kappa shape index (κ1) is 17.8. The predicted octanol–water partition coefficient (Wildman–Crippen LogP) is 2.49. The lowest BCUT2D eigenvalue weighted by Gasteiger charge is -2.33. The van der Waals surface area contributed by atoms with Crippen LogP contribution in [-0.2, 0) is 16.0 Å². The van der Waals surface area contributed by atoms with Crippen molar-refractivity contribution >= 4 is 35.6 Å². The number of halogens is 1. The zero-order valence-corrected chi connectivity index (χ0v) is 14.5. The number of nitrogens with one attached hydrogen (secondary N) is 2. The second-order valence-electron chi connectivity index (χ2n) is 6.43. The van der Waals surface area contributed by atoms with Gasteiger partial charge in [-0.15, -0.1) is 12.4 Å². The second-order valence-corrected chi connectivity index (χ2v) is 6.43. The highest BCUT2D eigenvalue weighted by molar-refractivity contribution is 5.99. The van der Waals surface area contributed by atoms with Crippen LogP contribution in [0.4, 0.5) is 11.4 Å². The average Bonchev–Trinajstić information content (AvgIpc) is 2.91. The van der Waals surface area contributed by atoms with E-state index in [0.29, 0.717) is 0 Å². The van der Waals surface area contributed by atoms with Crippen molar-refractivity contribution in [1.29, 1.82) is 0 Å². The van der Waals surface area contributed by atoms with Gasteiger partial charge in [0.05, 0.1) is 5.54 Å². The lowest BCUT2D eigenvalue weighted by molar-refractivity contribution is -0.122. The van der Waals surface area contributed by atoms with Gasteiger partial charge < -0.3 is 15.5 Å². The number of hydrogen-bond donors (Lipinski definition) is 2. The standard InChI is InChI=1S/C17H23N3O2.ClH/c1-12(21)20-10-7-13-11-14(5-6-15(13)20)19-16(22)17(2)8-3-4-9-18-17;/h5-6,11,18H,3-4,7-10H2,1-2H3,(H,19,22);1H. The molecule has 2 amide bonds. The van der Waals surface area contributed by atoms with Crippen molar-refractivity contribution in [1.82, 2.24) is 5.32 Å². The average molecular weight is 338 g/mol. The number of anilines is 2. The summed E-state index contributed by atoms with van der Waals surface area (Å²) in [5, 5.41) is 6.35. The van der Waals surface area contributed by atoms with Crippen LogP contribution in [0.1, 0.15) is 38.7 Å². The Morgan fingerprint density at radius 1 is 1.30 bits per heavy atom. The number of benzene rings is 1. The van der Waals surface area contributed by atoms with Crippen LogP contribution >= 0.6 is 12.4 Å². The van der Waals surface area contributed by atoms with E-state index in [4.69, 9.17) is 0 Å². The molecule has 5 nitrogen and oxygen atoms in total. The van der Waals surface area contributed by atoms with Gasteiger partial charge in [0.25, 0.3) is 0 Å². The van der Waals surface area contributed by atoms with Crippen molar-refractivity contribution in [2.24, 2.45) is 0 Å². The summed E-state index contributed by atoms with van der Waals surface area (Å²) >= 11 is 0. The van der Waals surface area contributed by atoms with Crippen molar-refractivity contribution in [3.63, 3.8) is 0 Å². The molecule has 126 valence electrons. The van der Waals surface area contributed by atoms with Gasteiger partial charge in [-0.25, -0.2) is 0 Å². The highest BCUT2D eigenvalue weighted by atomic mass is 35.5. The number of hydrogen-bond acceptors (Lipinski definition) is 3. The zero-order valence-electron chi connectivity index (χ0n) is 13.6. The van der Waals surface area contributed by atoms with Crippen LogP contribution in [0.15, 0.2) is 18.2 Å². The number of rotatable bonds is 2. The van der Waals surface area contributed by atoms with Gasteiger partial charge >= 0.3 is 0 Å². The molecule has 2 aliphatic rings. The molecule has 2 aliphatic heterocycles. The molecule has 0 bridgehead atoms. The topological polar surface area (TPSA) is 61.4 Å². The van der Waals surface area contributed by atoms with Crippen LogP contribution in [-0.4, -0.2) is 30.4 Å². The number of fused-ring (bicyclic) bond motifs is 1. The molecule has 1 fully saturated rings. The fourth-order valence-corrected chi connectivity index (χ4v) is 3.33. The van der Waals surface area contributed by atoms with Gasteiger partial charge in [-0.1, -0.05) is 0 Å². The van der Waals surface area contributed by atoms with Gasteiger partial charge in [-0.05, 0) is 62.9 Å². The third-order valence-corrected chi connectivity index (χ3v) is 4.73. The fourth-order valence-electron chi connectivity index (χ4n) is 3.33. The molecule has 23 heavy (non-hydrogen) atoms. The van der Waals surface area contributed by atoms with Crippen molar-refractivity contribution in [3.05, 3.63) is 23.8 Å². The highest BCUT2D eigenvalue weighted by Gasteiger charge is 2.34. The number of carbonyl (C=O) groups excluding carboxylic acids is 2. The van der Waals surface area contributed by atoms with E-state index in [-0.39, 0.29) is 24.2 Å². The third-order valence-electron chi connectivity index (χ3n) is 4.73. The summed E-state index contributed by atoms with van der Waals surface area (Å²) in [6, 6.07) is 5.79. The first-order valence-corrected chi connectivity index (χ1v) is 7.97. The Bertz CT molecular complexity index is 612. The highest BCUT2D eigenvalue weighted by Crippen LogP contribution is 2.31. The Kier molecular flexibility index (Phi) is 5.32. The molecule has 1 saturated heterocycles. The first-order valence-electron chi connectivity index (χ1n) is 7.97. The van der Waals surface area contributed by atoms with E-state index in [1.54, 1.807) is 11.8 Å². The lowest BCUT2D eigenvalue weighted by Crippen LogP contribution is -2.54. The molecule has 2 heterocycles. The molecule has 0 aliphatic carbocycles. The fraction of sp³-hybridized carbons (Fsp3) is 0.529. The van der Waals surface area contributed by atoms with Gasteiger partial charge in [0.2, 0.25) is 11.8 Å². The molecule has 1 unspecified atom stereocenters. The number of amides is 2. The number of carbonyl (C=O) groups is 2. The maximum atomic E-state index is 12.5. The Hall–Kier alpha value is -1.59. The number of piperidine rings is 1. The second kappa shape index (κ2) is 6.89. The van der Waals surface area contributed by atoms with Crippen molar-refractivity contribution < 1.29 is 9.59 Å². The Labute approximate surface area is 143 Å². The molecular formula is C17H24ClN3O2. The largest absolute Gasteiger partial charge is 0.324 e. The predicted molar refractivity (Wildman–Crippen MR) is 94.3 cm³/mol. The minimum absolute atomic E-state index is 0. The van der Waals surface area contributed by atoms with E-state index in [0.717, 1.165) is 55.7 Å². The lowest BCUT2D eigenvalue weighted by atomic mass is 9.90. The summed E-state index contributed by atoms with van der Waals surface area (Å²) in [4.78, 5) is 25.9. The maximum absolute atomic E-state index is 12.5. The first-order chi connectivity index (χ1) is 10.5. The minimum atomic E-state index is -0.483. The Balaban J connectivity index is 0.00000192. The van der Waals surface area contributed by atoms with Crippen LogP contribution in [0, 0.1) is 0 Å². The minimum Gasteiger partial charge on any atom is -0.324 e. The quantitative estimate of drug-likeness (QED) is 0.871. The molecule has 1 aromatic carbocycles. The van der Waals surface area contributed by atoms with Gasteiger partial charge in [0, 0.05) is 24.8 Å². The summed E-state index contributed by atoms with van der Waals surface area (Å²) in [6.07, 6.45) is 3.91. The van der Waals surface area contributed by atoms with Crippen LogP contribution in [0.5, 0.6) is 0 Å². The monoisotopic (exact) mass is 337 g/mol. The van der Waals surface area contributed by atoms with Crippen LogP contribution < -0.4 is 15.5 Å². The third kappa shape index (κ3) is 3.51. The molecule has 0 spiro atoms. The molecule has 6 heteroatoms. The summed E-state index contributed by atoms with van der Waals surface area (Å²) in [5.74, 6) is 0.0861. The molecule has 2 N–H and O–H groups in total. The Morgan fingerprint density at radius 3 is 2.74 bits per heavy atom. The summed E-state index contributed by atoms with van der Waals surface area (Å²) in [5.41, 5.74) is 2.41. The molecule has 0 saturated carbocycles. The molecule has 1 aromatic rings. The van der Waals surface area contributed by atoms with Crippen LogP contribution in [0.25, 0.3) is 0 Å². The summed E-state index contributed by atoms with van der Waals surface area (Å²) < 4.78 is 0. The number of nitrogens with zero attached hydrogens (tertiary/aromatic N) is 1. The summed E-state index contributed by atoms with van der Waals surface area (Å²) in [6.45, 7) is 5.16.